The molecule has 0 spiro atoms. The molecule has 0 heterocycles. The van der Waals surface area contributed by atoms with Gasteiger partial charge in [-0.1, -0.05) is 314 Å². The largest absolute Gasteiger partial charge is 0.462 e. The fourth-order valence-electron chi connectivity index (χ4n) is 10.7. The molecule has 0 amide bonds. The highest BCUT2D eigenvalue weighted by atomic mass is 16.6. The van der Waals surface area contributed by atoms with Gasteiger partial charge in [-0.25, -0.2) is 0 Å². The summed E-state index contributed by atoms with van der Waals surface area (Å²) in [6.07, 6.45) is 84.6. The average molecular weight is 1110 g/mol. The summed E-state index contributed by atoms with van der Waals surface area (Å²) in [6, 6.07) is 0. The first kappa shape index (κ1) is 76.6. The highest BCUT2D eigenvalue weighted by molar-refractivity contribution is 5.71. The Morgan fingerprint density at radius 3 is 0.633 bits per heavy atom. The van der Waals surface area contributed by atoms with Gasteiger partial charge in [-0.15, -0.1) is 0 Å². The predicted molar refractivity (Wildman–Crippen MR) is 344 cm³/mol. The molecule has 6 nitrogen and oxygen atoms in total. The van der Waals surface area contributed by atoms with Crippen LogP contribution in [-0.2, 0) is 28.6 Å². The molecule has 0 saturated carbocycles. The maximum Gasteiger partial charge on any atom is 0.306 e. The highest BCUT2D eigenvalue weighted by Crippen LogP contribution is 2.18. The second-order valence-electron chi connectivity index (χ2n) is 24.1. The number of ether oxygens (including phenoxy) is 3. The average Bonchev–Trinajstić information content (AvgIpc) is 3.45. The molecular formula is C73H136O6. The van der Waals surface area contributed by atoms with Gasteiger partial charge in [0.05, 0.1) is 0 Å². The summed E-state index contributed by atoms with van der Waals surface area (Å²) in [5.41, 5.74) is 0. The van der Waals surface area contributed by atoms with Crippen molar-refractivity contribution in [1.29, 1.82) is 0 Å². The van der Waals surface area contributed by atoms with E-state index in [1.807, 2.05) is 0 Å². The lowest BCUT2D eigenvalue weighted by Crippen LogP contribution is -2.30. The Bertz CT molecular complexity index is 1320. The molecular weight excluding hydrogens is 973 g/mol. The molecule has 0 N–H and O–H groups in total. The van der Waals surface area contributed by atoms with Gasteiger partial charge in [0.1, 0.15) is 13.2 Å². The SMILES string of the molecule is CCCCCCCC/C=C\CCCCCCCC(=O)OCC(COC(=O)CCCCCCCCCCCCCCC/C=C\CCCCCCCCCC)OC(=O)CCCCCCCCCCC/C=C\CCCCCCCCCC. The zero-order valence-corrected chi connectivity index (χ0v) is 53.4. The Morgan fingerprint density at radius 2 is 0.418 bits per heavy atom. The van der Waals surface area contributed by atoms with E-state index in [-0.39, 0.29) is 31.1 Å². The van der Waals surface area contributed by atoms with Crippen LogP contribution in [-0.4, -0.2) is 37.2 Å². The van der Waals surface area contributed by atoms with Gasteiger partial charge < -0.3 is 14.2 Å². The van der Waals surface area contributed by atoms with Gasteiger partial charge in [0.25, 0.3) is 0 Å². The first-order valence-electron chi connectivity index (χ1n) is 35.5. The summed E-state index contributed by atoms with van der Waals surface area (Å²) < 4.78 is 17.0. The topological polar surface area (TPSA) is 78.9 Å². The van der Waals surface area contributed by atoms with Crippen LogP contribution < -0.4 is 0 Å². The molecule has 6 heteroatoms. The molecule has 0 radical (unpaired) electrons. The third kappa shape index (κ3) is 66.3. The van der Waals surface area contributed by atoms with Crippen molar-refractivity contribution in [2.75, 3.05) is 13.2 Å². The van der Waals surface area contributed by atoms with E-state index in [9.17, 15) is 14.4 Å². The summed E-state index contributed by atoms with van der Waals surface area (Å²) in [4.78, 5) is 38.4. The summed E-state index contributed by atoms with van der Waals surface area (Å²) in [5.74, 6) is -0.855. The number of carbonyl (C=O) groups excluding carboxylic acids is 3. The van der Waals surface area contributed by atoms with Gasteiger partial charge in [0.15, 0.2) is 6.10 Å². The van der Waals surface area contributed by atoms with Crippen LogP contribution in [0, 0.1) is 0 Å². The molecule has 0 fully saturated rings. The monoisotopic (exact) mass is 1110 g/mol. The van der Waals surface area contributed by atoms with Crippen LogP contribution in [0.25, 0.3) is 0 Å². The number of hydrogen-bond donors (Lipinski definition) is 0. The predicted octanol–water partition coefficient (Wildman–Crippen LogP) is 24.3. The van der Waals surface area contributed by atoms with Crippen molar-refractivity contribution in [2.24, 2.45) is 0 Å². The van der Waals surface area contributed by atoms with E-state index in [2.05, 4.69) is 57.2 Å². The lowest BCUT2D eigenvalue weighted by Gasteiger charge is -2.18. The fraction of sp³-hybridized carbons (Fsp3) is 0.877. The van der Waals surface area contributed by atoms with Crippen LogP contribution >= 0.6 is 0 Å². The fourth-order valence-corrected chi connectivity index (χ4v) is 10.7. The van der Waals surface area contributed by atoms with Crippen LogP contribution in [0.5, 0.6) is 0 Å². The molecule has 79 heavy (non-hydrogen) atoms. The third-order valence-corrected chi connectivity index (χ3v) is 16.1. The normalized spacial score (nSPS) is 12.2. The van der Waals surface area contributed by atoms with Crippen LogP contribution in [0.1, 0.15) is 393 Å². The van der Waals surface area contributed by atoms with Crippen molar-refractivity contribution >= 4 is 17.9 Å². The summed E-state index contributed by atoms with van der Waals surface area (Å²) >= 11 is 0. The van der Waals surface area contributed by atoms with Crippen molar-refractivity contribution in [3.05, 3.63) is 36.5 Å². The second kappa shape index (κ2) is 68.1. The zero-order chi connectivity index (χ0) is 57.1. The minimum Gasteiger partial charge on any atom is -0.462 e. The molecule has 1 unspecified atom stereocenters. The molecule has 1 atom stereocenters. The Labute approximate surface area is 493 Å². The minimum atomic E-state index is -0.776. The van der Waals surface area contributed by atoms with Crippen LogP contribution in [0.2, 0.25) is 0 Å². The van der Waals surface area contributed by atoms with Crippen molar-refractivity contribution in [3.8, 4) is 0 Å². The summed E-state index contributed by atoms with van der Waals surface area (Å²) in [5, 5.41) is 0. The minimum absolute atomic E-state index is 0.0718. The third-order valence-electron chi connectivity index (χ3n) is 16.1. The molecule has 464 valence electrons. The number of allylic oxidation sites excluding steroid dienone is 6. The van der Waals surface area contributed by atoms with E-state index in [0.29, 0.717) is 19.3 Å². The summed E-state index contributed by atoms with van der Waals surface area (Å²) in [6.45, 7) is 6.70. The van der Waals surface area contributed by atoms with Gasteiger partial charge in [-0.05, 0) is 96.3 Å². The van der Waals surface area contributed by atoms with E-state index < -0.39 is 6.10 Å². The first-order chi connectivity index (χ1) is 39.0. The Hall–Kier alpha value is -2.37. The Kier molecular flexibility index (Phi) is 66.1. The molecule has 0 aromatic heterocycles. The number of carbonyl (C=O) groups is 3. The maximum atomic E-state index is 13.0. The number of rotatable bonds is 66. The van der Waals surface area contributed by atoms with E-state index in [1.54, 1.807) is 0 Å². The lowest BCUT2D eigenvalue weighted by atomic mass is 10.0. The smallest absolute Gasteiger partial charge is 0.306 e. The zero-order valence-electron chi connectivity index (χ0n) is 53.4. The molecule has 0 aromatic carbocycles. The van der Waals surface area contributed by atoms with E-state index in [4.69, 9.17) is 14.2 Å². The van der Waals surface area contributed by atoms with Gasteiger partial charge in [-0.3, -0.25) is 14.4 Å². The second-order valence-corrected chi connectivity index (χ2v) is 24.1. The standard InChI is InChI=1S/C73H136O6/c1-4-7-10-13-16-19-22-25-28-30-32-34-35-36-37-39-40-42-45-48-51-54-57-60-63-66-72(75)78-69-70(68-77-71(74)65-62-59-56-53-50-47-44-27-24-21-18-15-12-9-6-3)79-73(76)67-64-61-58-55-52-49-46-43-41-38-33-31-29-26-23-20-17-14-11-8-5-2/h27,30-33,44,70H,4-26,28-29,34-43,45-69H2,1-3H3/b32-30-,33-31-,44-27-. The van der Waals surface area contributed by atoms with Crippen molar-refractivity contribution in [2.45, 2.75) is 399 Å². The van der Waals surface area contributed by atoms with Gasteiger partial charge >= 0.3 is 17.9 Å². The van der Waals surface area contributed by atoms with Crippen LogP contribution in [0.15, 0.2) is 36.5 Å². The lowest BCUT2D eigenvalue weighted by molar-refractivity contribution is -0.167. The van der Waals surface area contributed by atoms with E-state index >= 15 is 0 Å². The van der Waals surface area contributed by atoms with Crippen molar-refractivity contribution in [1.82, 2.24) is 0 Å². The molecule has 0 rings (SSSR count). The van der Waals surface area contributed by atoms with E-state index in [0.717, 1.165) is 64.2 Å². The van der Waals surface area contributed by atoms with Crippen molar-refractivity contribution < 1.29 is 28.6 Å². The van der Waals surface area contributed by atoms with Gasteiger partial charge in [0, 0.05) is 19.3 Å². The van der Waals surface area contributed by atoms with Crippen molar-refractivity contribution in [3.63, 3.8) is 0 Å². The Morgan fingerprint density at radius 1 is 0.241 bits per heavy atom. The molecule has 0 aliphatic heterocycles. The molecule has 0 aliphatic rings. The molecule has 0 aromatic rings. The number of hydrogen-bond acceptors (Lipinski definition) is 6. The number of esters is 3. The highest BCUT2D eigenvalue weighted by Gasteiger charge is 2.19. The number of unbranched alkanes of at least 4 members (excludes halogenated alkanes) is 49. The maximum absolute atomic E-state index is 13.0. The first-order valence-corrected chi connectivity index (χ1v) is 35.5. The molecule has 0 aliphatic carbocycles. The van der Waals surface area contributed by atoms with Gasteiger partial charge in [-0.2, -0.15) is 0 Å². The van der Waals surface area contributed by atoms with E-state index in [1.165, 1.54) is 289 Å². The molecule has 0 bridgehead atoms. The van der Waals surface area contributed by atoms with Gasteiger partial charge in [0.2, 0.25) is 0 Å². The van der Waals surface area contributed by atoms with Crippen LogP contribution in [0.4, 0.5) is 0 Å². The molecule has 0 saturated heterocycles. The summed E-state index contributed by atoms with van der Waals surface area (Å²) in [7, 11) is 0. The van der Waals surface area contributed by atoms with Crippen LogP contribution in [0.3, 0.4) is 0 Å². The quantitative estimate of drug-likeness (QED) is 0.0261. The Balaban J connectivity index is 4.28.